The first-order valence-electron chi connectivity index (χ1n) is 5.88. The number of rotatable bonds is 5. The number of carboxylic acids is 1. The second-order valence-electron chi connectivity index (χ2n) is 4.21. The van der Waals surface area contributed by atoms with E-state index in [0.717, 1.165) is 23.3 Å². The van der Waals surface area contributed by atoms with Gasteiger partial charge in [-0.2, -0.15) is 0 Å². The minimum atomic E-state index is -0.912. The molecule has 0 fully saturated rings. The van der Waals surface area contributed by atoms with E-state index in [0.29, 0.717) is 6.61 Å². The normalized spacial score (nSPS) is 12.7. The van der Waals surface area contributed by atoms with Gasteiger partial charge in [-0.15, -0.1) is 0 Å². The number of hydrogen-bond donors (Lipinski definition) is 2. The van der Waals surface area contributed by atoms with Crippen LogP contribution in [0.1, 0.15) is 17.5 Å². The van der Waals surface area contributed by atoms with Gasteiger partial charge in [-0.05, 0) is 17.2 Å². The number of ether oxygens (including phenoxy) is 1. The molecule has 1 aliphatic heterocycles. The van der Waals surface area contributed by atoms with Crippen molar-refractivity contribution in [3.63, 3.8) is 0 Å². The molecule has 1 amide bonds. The Balaban J connectivity index is 1.85. The van der Waals surface area contributed by atoms with Gasteiger partial charge in [0.05, 0.1) is 19.4 Å². The Bertz CT molecular complexity index is 470. The summed E-state index contributed by atoms with van der Waals surface area (Å²) in [7, 11) is 0. The van der Waals surface area contributed by atoms with Crippen molar-refractivity contribution in [1.29, 1.82) is 0 Å². The first-order chi connectivity index (χ1) is 8.65. The fraction of sp³-hybridized carbons (Fsp3) is 0.385. The lowest BCUT2D eigenvalue weighted by atomic mass is 10.1. The van der Waals surface area contributed by atoms with E-state index in [-0.39, 0.29) is 25.3 Å². The Hall–Kier alpha value is -2.04. The molecule has 0 bridgehead atoms. The molecular formula is C13H15NO4. The van der Waals surface area contributed by atoms with Gasteiger partial charge in [-0.1, -0.05) is 12.1 Å². The maximum atomic E-state index is 11.6. The standard InChI is InChI=1S/C13H15NO4/c15-12(14-5-3-13(16)17)8-9-1-2-11-10(7-9)4-6-18-11/h1-2,7H,3-6,8H2,(H,14,15)(H,16,17). The third-order valence-corrected chi connectivity index (χ3v) is 2.78. The lowest BCUT2D eigenvalue weighted by molar-refractivity contribution is -0.136. The van der Waals surface area contributed by atoms with E-state index in [4.69, 9.17) is 9.84 Å². The van der Waals surface area contributed by atoms with E-state index in [1.807, 2.05) is 18.2 Å². The Morgan fingerprint density at radius 1 is 1.39 bits per heavy atom. The highest BCUT2D eigenvalue weighted by Crippen LogP contribution is 2.25. The number of amides is 1. The zero-order valence-corrected chi connectivity index (χ0v) is 9.94. The van der Waals surface area contributed by atoms with Crippen molar-refractivity contribution in [1.82, 2.24) is 5.32 Å². The van der Waals surface area contributed by atoms with Crippen LogP contribution >= 0.6 is 0 Å². The number of carbonyl (C=O) groups is 2. The first-order valence-corrected chi connectivity index (χ1v) is 5.88. The van der Waals surface area contributed by atoms with E-state index in [9.17, 15) is 9.59 Å². The van der Waals surface area contributed by atoms with E-state index >= 15 is 0 Å². The van der Waals surface area contributed by atoms with Crippen LogP contribution < -0.4 is 10.1 Å². The molecule has 0 saturated heterocycles. The molecule has 0 spiro atoms. The summed E-state index contributed by atoms with van der Waals surface area (Å²) in [4.78, 5) is 21.9. The summed E-state index contributed by atoms with van der Waals surface area (Å²) in [6.07, 6.45) is 1.10. The highest BCUT2D eigenvalue weighted by molar-refractivity contribution is 5.79. The Morgan fingerprint density at radius 2 is 2.22 bits per heavy atom. The average Bonchev–Trinajstić information content (AvgIpc) is 2.75. The highest BCUT2D eigenvalue weighted by Gasteiger charge is 2.13. The minimum absolute atomic E-state index is 0.0518. The minimum Gasteiger partial charge on any atom is -0.493 e. The van der Waals surface area contributed by atoms with Crippen molar-refractivity contribution >= 4 is 11.9 Å². The van der Waals surface area contributed by atoms with E-state index in [2.05, 4.69) is 5.32 Å². The number of fused-ring (bicyclic) bond motifs is 1. The van der Waals surface area contributed by atoms with Gasteiger partial charge in [0.1, 0.15) is 5.75 Å². The smallest absolute Gasteiger partial charge is 0.305 e. The lowest BCUT2D eigenvalue weighted by Crippen LogP contribution is -2.27. The molecule has 0 saturated carbocycles. The van der Waals surface area contributed by atoms with Crippen molar-refractivity contribution in [2.45, 2.75) is 19.3 Å². The Labute approximate surface area is 105 Å². The van der Waals surface area contributed by atoms with Gasteiger partial charge in [0.15, 0.2) is 0 Å². The van der Waals surface area contributed by atoms with Crippen molar-refractivity contribution in [3.8, 4) is 5.75 Å². The molecule has 0 atom stereocenters. The average molecular weight is 249 g/mol. The van der Waals surface area contributed by atoms with Crippen molar-refractivity contribution in [2.24, 2.45) is 0 Å². The topological polar surface area (TPSA) is 75.6 Å². The number of carboxylic acid groups (broad SMARTS) is 1. The molecule has 96 valence electrons. The van der Waals surface area contributed by atoms with Crippen molar-refractivity contribution in [2.75, 3.05) is 13.2 Å². The third kappa shape index (κ3) is 3.23. The van der Waals surface area contributed by atoms with Crippen LogP contribution in [0, 0.1) is 0 Å². The third-order valence-electron chi connectivity index (χ3n) is 2.78. The van der Waals surface area contributed by atoms with Crippen LogP contribution in [0.4, 0.5) is 0 Å². The summed E-state index contributed by atoms with van der Waals surface area (Å²) in [5.74, 6) is -0.176. The number of aliphatic carboxylic acids is 1. The molecule has 18 heavy (non-hydrogen) atoms. The van der Waals surface area contributed by atoms with Gasteiger partial charge in [-0.3, -0.25) is 9.59 Å². The van der Waals surface area contributed by atoms with Gasteiger partial charge in [0.2, 0.25) is 5.91 Å². The molecule has 5 heteroatoms. The molecular weight excluding hydrogens is 234 g/mol. The second kappa shape index (κ2) is 5.53. The number of carbonyl (C=O) groups excluding carboxylic acids is 1. The van der Waals surface area contributed by atoms with Crippen molar-refractivity contribution < 1.29 is 19.4 Å². The van der Waals surface area contributed by atoms with Gasteiger partial charge in [-0.25, -0.2) is 0 Å². The molecule has 0 aromatic heterocycles. The van der Waals surface area contributed by atoms with Gasteiger partial charge >= 0.3 is 5.97 Å². The highest BCUT2D eigenvalue weighted by atomic mass is 16.5. The summed E-state index contributed by atoms with van der Waals surface area (Å²) in [6.45, 7) is 0.867. The molecule has 5 nitrogen and oxygen atoms in total. The molecule has 1 aliphatic rings. The number of nitrogens with one attached hydrogen (secondary N) is 1. The Kier molecular flexibility index (Phi) is 3.82. The zero-order valence-electron chi connectivity index (χ0n) is 9.94. The largest absolute Gasteiger partial charge is 0.493 e. The molecule has 0 radical (unpaired) electrons. The summed E-state index contributed by atoms with van der Waals surface area (Å²) >= 11 is 0. The molecule has 1 aromatic carbocycles. The fourth-order valence-electron chi connectivity index (χ4n) is 1.91. The van der Waals surface area contributed by atoms with Gasteiger partial charge in [0, 0.05) is 13.0 Å². The summed E-state index contributed by atoms with van der Waals surface area (Å²) < 4.78 is 5.38. The second-order valence-corrected chi connectivity index (χ2v) is 4.21. The molecule has 2 rings (SSSR count). The van der Waals surface area contributed by atoms with Crippen LogP contribution in [0.15, 0.2) is 18.2 Å². The lowest BCUT2D eigenvalue weighted by Gasteiger charge is -2.05. The molecule has 0 unspecified atom stereocenters. The van der Waals surface area contributed by atoms with Crippen LogP contribution in [0.3, 0.4) is 0 Å². The van der Waals surface area contributed by atoms with Crippen LogP contribution in [-0.4, -0.2) is 30.1 Å². The number of hydrogen-bond acceptors (Lipinski definition) is 3. The number of benzene rings is 1. The predicted molar refractivity (Wildman–Crippen MR) is 64.6 cm³/mol. The van der Waals surface area contributed by atoms with E-state index in [1.54, 1.807) is 0 Å². The zero-order chi connectivity index (χ0) is 13.0. The molecule has 2 N–H and O–H groups in total. The SMILES string of the molecule is O=C(O)CCNC(=O)Cc1ccc2c(c1)CCO2. The fourth-order valence-corrected chi connectivity index (χ4v) is 1.91. The first kappa shape index (κ1) is 12.4. The summed E-state index contributed by atoms with van der Waals surface area (Å²) in [5, 5.41) is 11.0. The van der Waals surface area contributed by atoms with Crippen LogP contribution in [0.2, 0.25) is 0 Å². The molecule has 1 aromatic rings. The monoisotopic (exact) mass is 249 g/mol. The van der Waals surface area contributed by atoms with Crippen LogP contribution in [0.25, 0.3) is 0 Å². The summed E-state index contributed by atoms with van der Waals surface area (Å²) in [5.41, 5.74) is 2.05. The van der Waals surface area contributed by atoms with Gasteiger partial charge in [0.25, 0.3) is 0 Å². The van der Waals surface area contributed by atoms with Crippen molar-refractivity contribution in [3.05, 3.63) is 29.3 Å². The summed E-state index contributed by atoms with van der Waals surface area (Å²) in [6, 6.07) is 5.71. The van der Waals surface area contributed by atoms with E-state index in [1.165, 1.54) is 0 Å². The maximum Gasteiger partial charge on any atom is 0.305 e. The quantitative estimate of drug-likeness (QED) is 0.807. The molecule has 0 aliphatic carbocycles. The maximum absolute atomic E-state index is 11.6. The predicted octanol–water partition coefficient (Wildman–Crippen LogP) is 0.755. The van der Waals surface area contributed by atoms with Crippen LogP contribution in [-0.2, 0) is 22.4 Å². The van der Waals surface area contributed by atoms with Gasteiger partial charge < -0.3 is 15.2 Å². The van der Waals surface area contributed by atoms with E-state index < -0.39 is 5.97 Å². The van der Waals surface area contributed by atoms with Crippen LogP contribution in [0.5, 0.6) is 5.75 Å². The molecule has 1 heterocycles. The Morgan fingerprint density at radius 3 is 3.00 bits per heavy atom.